The lowest BCUT2D eigenvalue weighted by molar-refractivity contribution is -0.141. The van der Waals surface area contributed by atoms with Crippen LogP contribution in [-0.2, 0) is 9.59 Å². The first-order chi connectivity index (χ1) is 8.43. The average molecular weight is 254 g/mol. The number of carboxylic acids is 1. The highest BCUT2D eigenvalue weighted by Gasteiger charge is 2.44. The fourth-order valence-electron chi connectivity index (χ4n) is 3.16. The van der Waals surface area contributed by atoms with Gasteiger partial charge in [-0.2, -0.15) is 0 Å². The van der Waals surface area contributed by atoms with Crippen LogP contribution in [0, 0.1) is 11.3 Å². The lowest BCUT2D eigenvalue weighted by Gasteiger charge is -2.29. The molecule has 5 nitrogen and oxygen atoms in total. The van der Waals surface area contributed by atoms with E-state index in [1.54, 1.807) is 0 Å². The van der Waals surface area contributed by atoms with E-state index >= 15 is 0 Å². The maximum absolute atomic E-state index is 12.3. The van der Waals surface area contributed by atoms with E-state index in [4.69, 9.17) is 10.8 Å². The highest BCUT2D eigenvalue weighted by molar-refractivity contribution is 5.84. The van der Waals surface area contributed by atoms with Gasteiger partial charge in [-0.15, -0.1) is 0 Å². The van der Waals surface area contributed by atoms with Crippen molar-refractivity contribution >= 4 is 11.9 Å². The predicted octanol–water partition coefficient (Wildman–Crippen LogP) is 0.873. The number of rotatable bonds is 3. The first-order valence-corrected chi connectivity index (χ1v) is 6.73. The molecule has 2 rings (SSSR count). The number of amides is 1. The lowest BCUT2D eigenvalue weighted by atomic mass is 9.84. The standard InChI is InChI=1S/C13H22N2O3/c1-13(6-2-3-10(13)14)12(18)15-9-5-4-8(7-9)11(16)17/h8-10H,2-7,14H2,1H3,(H,15,18)(H,16,17). The first kappa shape index (κ1) is 13.3. The minimum Gasteiger partial charge on any atom is -0.481 e. The molecular weight excluding hydrogens is 232 g/mol. The van der Waals surface area contributed by atoms with Crippen molar-refractivity contribution in [3.63, 3.8) is 0 Å². The fourth-order valence-corrected chi connectivity index (χ4v) is 3.16. The molecule has 0 bridgehead atoms. The number of nitrogens with two attached hydrogens (primary N) is 1. The van der Waals surface area contributed by atoms with Gasteiger partial charge in [-0.3, -0.25) is 9.59 Å². The molecule has 0 aromatic rings. The van der Waals surface area contributed by atoms with Crippen LogP contribution in [0.4, 0.5) is 0 Å². The SMILES string of the molecule is CC1(C(=O)NC2CCC(C(=O)O)C2)CCCC1N. The van der Waals surface area contributed by atoms with E-state index in [1.807, 2.05) is 6.92 Å². The van der Waals surface area contributed by atoms with Crippen molar-refractivity contribution in [3.05, 3.63) is 0 Å². The molecule has 1 amide bonds. The normalized spacial score (nSPS) is 39.8. The van der Waals surface area contributed by atoms with Gasteiger partial charge < -0.3 is 16.2 Å². The molecule has 2 aliphatic carbocycles. The van der Waals surface area contributed by atoms with Gasteiger partial charge in [0.05, 0.1) is 11.3 Å². The molecule has 0 aromatic carbocycles. The van der Waals surface area contributed by atoms with Crippen molar-refractivity contribution in [3.8, 4) is 0 Å². The molecule has 2 fully saturated rings. The molecule has 5 heteroatoms. The van der Waals surface area contributed by atoms with Crippen molar-refractivity contribution in [1.29, 1.82) is 0 Å². The number of carboxylic acid groups (broad SMARTS) is 1. The summed E-state index contributed by atoms with van der Waals surface area (Å²) in [6.07, 6.45) is 4.68. The quantitative estimate of drug-likeness (QED) is 0.697. The average Bonchev–Trinajstić information content (AvgIpc) is 2.88. The Morgan fingerprint density at radius 1 is 1.33 bits per heavy atom. The Morgan fingerprint density at radius 3 is 2.56 bits per heavy atom. The summed E-state index contributed by atoms with van der Waals surface area (Å²) in [4.78, 5) is 23.1. The maximum atomic E-state index is 12.3. The van der Waals surface area contributed by atoms with Crippen LogP contribution in [0.3, 0.4) is 0 Å². The van der Waals surface area contributed by atoms with Crippen molar-refractivity contribution in [2.75, 3.05) is 0 Å². The van der Waals surface area contributed by atoms with E-state index in [0.29, 0.717) is 12.8 Å². The Morgan fingerprint density at radius 2 is 2.06 bits per heavy atom. The van der Waals surface area contributed by atoms with Crippen LogP contribution < -0.4 is 11.1 Å². The first-order valence-electron chi connectivity index (χ1n) is 6.73. The molecular formula is C13H22N2O3. The summed E-state index contributed by atoms with van der Waals surface area (Å²) in [5, 5.41) is 11.9. The van der Waals surface area contributed by atoms with Gasteiger partial charge in [-0.25, -0.2) is 0 Å². The van der Waals surface area contributed by atoms with E-state index in [-0.39, 0.29) is 23.9 Å². The lowest BCUT2D eigenvalue weighted by Crippen LogP contribution is -2.49. The van der Waals surface area contributed by atoms with Gasteiger partial charge >= 0.3 is 5.97 Å². The second-order valence-electron chi connectivity index (χ2n) is 5.93. The van der Waals surface area contributed by atoms with E-state index in [9.17, 15) is 9.59 Å². The molecule has 4 atom stereocenters. The third kappa shape index (κ3) is 2.36. The molecule has 4 unspecified atom stereocenters. The highest BCUT2D eigenvalue weighted by atomic mass is 16.4. The second kappa shape index (κ2) is 4.88. The van der Waals surface area contributed by atoms with Crippen molar-refractivity contribution < 1.29 is 14.7 Å². The summed E-state index contributed by atoms with van der Waals surface area (Å²) in [7, 11) is 0. The van der Waals surface area contributed by atoms with E-state index in [2.05, 4.69) is 5.32 Å². The van der Waals surface area contributed by atoms with Gasteiger partial charge in [0.2, 0.25) is 5.91 Å². The molecule has 0 saturated heterocycles. The van der Waals surface area contributed by atoms with Crippen LogP contribution >= 0.6 is 0 Å². The van der Waals surface area contributed by atoms with Crippen molar-refractivity contribution in [2.24, 2.45) is 17.1 Å². The third-order valence-electron chi connectivity index (χ3n) is 4.67. The van der Waals surface area contributed by atoms with E-state index in [1.165, 1.54) is 0 Å². The second-order valence-corrected chi connectivity index (χ2v) is 5.93. The smallest absolute Gasteiger partial charge is 0.306 e. The summed E-state index contributed by atoms with van der Waals surface area (Å²) >= 11 is 0. The molecule has 4 N–H and O–H groups in total. The van der Waals surface area contributed by atoms with Crippen LogP contribution in [0.2, 0.25) is 0 Å². The molecule has 0 aliphatic heterocycles. The largest absolute Gasteiger partial charge is 0.481 e. The molecule has 18 heavy (non-hydrogen) atoms. The van der Waals surface area contributed by atoms with Crippen LogP contribution in [0.15, 0.2) is 0 Å². The van der Waals surface area contributed by atoms with Crippen LogP contribution in [0.1, 0.15) is 45.4 Å². The number of hydrogen-bond donors (Lipinski definition) is 3. The Kier molecular flexibility index (Phi) is 3.61. The number of hydrogen-bond acceptors (Lipinski definition) is 3. The number of aliphatic carboxylic acids is 1. The Balaban J connectivity index is 1.91. The summed E-state index contributed by atoms with van der Waals surface area (Å²) < 4.78 is 0. The molecule has 2 saturated carbocycles. The molecule has 0 radical (unpaired) electrons. The fraction of sp³-hybridized carbons (Fsp3) is 0.846. The Hall–Kier alpha value is -1.10. The molecule has 2 aliphatic rings. The monoisotopic (exact) mass is 254 g/mol. The molecule has 0 heterocycles. The number of carbonyl (C=O) groups excluding carboxylic acids is 1. The van der Waals surface area contributed by atoms with Crippen LogP contribution in [0.25, 0.3) is 0 Å². The Bertz CT molecular complexity index is 358. The summed E-state index contributed by atoms with van der Waals surface area (Å²) in [5.41, 5.74) is 5.54. The predicted molar refractivity (Wildman–Crippen MR) is 66.8 cm³/mol. The van der Waals surface area contributed by atoms with Crippen LogP contribution in [-0.4, -0.2) is 29.1 Å². The number of nitrogens with one attached hydrogen (secondary N) is 1. The van der Waals surface area contributed by atoms with Crippen molar-refractivity contribution in [1.82, 2.24) is 5.32 Å². The maximum Gasteiger partial charge on any atom is 0.306 e. The third-order valence-corrected chi connectivity index (χ3v) is 4.67. The molecule has 102 valence electrons. The Labute approximate surface area is 107 Å². The zero-order valence-electron chi connectivity index (χ0n) is 10.8. The molecule has 0 spiro atoms. The van der Waals surface area contributed by atoms with Crippen molar-refractivity contribution in [2.45, 2.75) is 57.5 Å². The summed E-state index contributed by atoms with van der Waals surface area (Å²) in [5.74, 6) is -1.06. The zero-order chi connectivity index (χ0) is 13.3. The van der Waals surface area contributed by atoms with Gasteiger partial charge in [0.1, 0.15) is 0 Å². The van der Waals surface area contributed by atoms with Gasteiger partial charge in [0, 0.05) is 12.1 Å². The topological polar surface area (TPSA) is 92.4 Å². The van der Waals surface area contributed by atoms with E-state index < -0.39 is 11.4 Å². The highest BCUT2D eigenvalue weighted by Crippen LogP contribution is 2.37. The molecule has 0 aromatic heterocycles. The van der Waals surface area contributed by atoms with Gasteiger partial charge in [0.25, 0.3) is 0 Å². The summed E-state index contributed by atoms with van der Waals surface area (Å²) in [6.45, 7) is 1.92. The van der Waals surface area contributed by atoms with Gasteiger partial charge in [-0.1, -0.05) is 6.42 Å². The van der Waals surface area contributed by atoms with Gasteiger partial charge in [0.15, 0.2) is 0 Å². The van der Waals surface area contributed by atoms with E-state index in [0.717, 1.165) is 25.7 Å². The zero-order valence-corrected chi connectivity index (χ0v) is 10.8. The van der Waals surface area contributed by atoms with Crippen LogP contribution in [0.5, 0.6) is 0 Å². The van der Waals surface area contributed by atoms with Gasteiger partial charge in [-0.05, 0) is 39.0 Å². The summed E-state index contributed by atoms with van der Waals surface area (Å²) in [6, 6.07) is -0.0719. The minimum atomic E-state index is -0.754. The minimum absolute atomic E-state index is 0.00299. The number of carbonyl (C=O) groups is 2.